The molecule has 0 nitrogen and oxygen atoms in total. The van der Waals surface area contributed by atoms with Crippen molar-refractivity contribution in [3.05, 3.63) is 108 Å². The summed E-state index contributed by atoms with van der Waals surface area (Å²) in [5.74, 6) is 0.449. The van der Waals surface area contributed by atoms with Crippen LogP contribution in [0.15, 0.2) is 91.0 Å². The van der Waals surface area contributed by atoms with Crippen LogP contribution in [0.3, 0.4) is 0 Å². The van der Waals surface area contributed by atoms with Crippen molar-refractivity contribution < 1.29 is 0 Å². The van der Waals surface area contributed by atoms with Crippen molar-refractivity contribution in [3.63, 3.8) is 0 Å². The lowest BCUT2D eigenvalue weighted by atomic mass is 9.73. The van der Waals surface area contributed by atoms with E-state index in [4.69, 9.17) is 0 Å². The zero-order valence-corrected chi connectivity index (χ0v) is 24.4. The lowest BCUT2D eigenvalue weighted by Crippen LogP contribution is -2.19. The summed E-state index contributed by atoms with van der Waals surface area (Å²) in [4.78, 5) is 0. The van der Waals surface area contributed by atoms with E-state index in [9.17, 15) is 0 Å². The second kappa shape index (κ2) is 19.0. The third kappa shape index (κ3) is 14.7. The monoisotopic (exact) mass is 462 g/mol. The molecule has 0 aromatic heterocycles. The summed E-state index contributed by atoms with van der Waals surface area (Å²) in [6.45, 7) is 25.7. The molecule has 0 aliphatic rings. The van der Waals surface area contributed by atoms with Gasteiger partial charge in [0.1, 0.15) is 0 Å². The molecule has 3 rings (SSSR count). The molecule has 0 saturated heterocycles. The van der Waals surface area contributed by atoms with Gasteiger partial charge in [0.25, 0.3) is 0 Å². The number of hydrogen-bond acceptors (Lipinski definition) is 0. The fourth-order valence-electron chi connectivity index (χ4n) is 3.69. The zero-order chi connectivity index (χ0) is 26.6. The molecular formula is C34H54. The van der Waals surface area contributed by atoms with Gasteiger partial charge in [0.05, 0.1) is 0 Å². The van der Waals surface area contributed by atoms with Crippen molar-refractivity contribution in [1.29, 1.82) is 0 Å². The highest BCUT2D eigenvalue weighted by atomic mass is 14.3. The predicted octanol–water partition coefficient (Wildman–Crippen LogP) is 11.2. The van der Waals surface area contributed by atoms with Gasteiger partial charge in [-0.25, -0.2) is 0 Å². The van der Waals surface area contributed by atoms with E-state index in [0.717, 1.165) is 6.42 Å². The molecule has 0 fully saturated rings. The Kier molecular flexibility index (Phi) is 18.9. The Bertz CT molecular complexity index is 748. The van der Waals surface area contributed by atoms with E-state index in [-0.39, 0.29) is 5.41 Å². The molecule has 0 amide bonds. The summed E-state index contributed by atoms with van der Waals surface area (Å²) < 4.78 is 0. The maximum Gasteiger partial charge on any atom is 0.0138 e. The van der Waals surface area contributed by atoms with Crippen LogP contribution in [0.25, 0.3) is 0 Å². The van der Waals surface area contributed by atoms with Gasteiger partial charge in [-0.15, -0.1) is 0 Å². The molecule has 0 aliphatic heterocycles. The minimum Gasteiger partial charge on any atom is -0.0683 e. The molecule has 0 spiro atoms. The lowest BCUT2D eigenvalue weighted by Gasteiger charge is -2.31. The van der Waals surface area contributed by atoms with Crippen molar-refractivity contribution in [2.75, 3.05) is 0 Å². The Morgan fingerprint density at radius 1 is 0.471 bits per heavy atom. The van der Waals surface area contributed by atoms with E-state index in [1.807, 2.05) is 41.5 Å². The zero-order valence-electron chi connectivity index (χ0n) is 24.4. The molecule has 0 atom stereocenters. The average Bonchev–Trinajstić information content (AvgIpc) is 2.84. The van der Waals surface area contributed by atoms with Crippen LogP contribution in [-0.4, -0.2) is 0 Å². The Morgan fingerprint density at radius 2 is 0.765 bits per heavy atom. The van der Waals surface area contributed by atoms with Gasteiger partial charge in [0.2, 0.25) is 0 Å². The highest BCUT2D eigenvalue weighted by Gasteiger charge is 2.27. The van der Waals surface area contributed by atoms with Crippen LogP contribution >= 0.6 is 0 Å². The van der Waals surface area contributed by atoms with Crippen molar-refractivity contribution >= 4 is 0 Å². The first-order valence-electron chi connectivity index (χ1n) is 13.3. The molecule has 0 aliphatic carbocycles. The molecule has 0 heterocycles. The third-order valence-electron chi connectivity index (χ3n) is 4.71. The molecule has 0 N–H and O–H groups in total. The largest absolute Gasteiger partial charge is 0.0683 e. The second-order valence-corrected chi connectivity index (χ2v) is 9.84. The Morgan fingerprint density at radius 3 is 1.03 bits per heavy atom. The lowest BCUT2D eigenvalue weighted by molar-refractivity contribution is 0.358. The molecule has 34 heavy (non-hydrogen) atoms. The van der Waals surface area contributed by atoms with Gasteiger partial charge in [-0.05, 0) is 33.9 Å². The fraction of sp³-hybridized carbons (Fsp3) is 0.471. The van der Waals surface area contributed by atoms with Crippen molar-refractivity contribution in [2.45, 2.75) is 95.4 Å². The van der Waals surface area contributed by atoms with Crippen LogP contribution in [0.4, 0.5) is 0 Å². The molecule has 3 aromatic rings. The summed E-state index contributed by atoms with van der Waals surface area (Å²) >= 11 is 0. The maximum atomic E-state index is 2.30. The summed E-state index contributed by atoms with van der Waals surface area (Å²) in [6.07, 6.45) is 1.16. The van der Waals surface area contributed by atoms with Gasteiger partial charge in [-0.2, -0.15) is 0 Å². The van der Waals surface area contributed by atoms with E-state index in [2.05, 4.69) is 133 Å². The first kappa shape index (κ1) is 33.8. The molecule has 0 bridgehead atoms. The maximum absolute atomic E-state index is 2.30. The molecular weight excluding hydrogens is 408 g/mol. The molecule has 3 aromatic carbocycles. The van der Waals surface area contributed by atoms with Crippen LogP contribution in [0.2, 0.25) is 0 Å². The van der Waals surface area contributed by atoms with Crippen LogP contribution in [0.5, 0.6) is 0 Å². The molecule has 0 radical (unpaired) electrons. The van der Waals surface area contributed by atoms with E-state index in [0.29, 0.717) is 11.3 Å². The van der Waals surface area contributed by atoms with Gasteiger partial charge in [-0.3, -0.25) is 0 Å². The van der Waals surface area contributed by atoms with Crippen LogP contribution < -0.4 is 0 Å². The van der Waals surface area contributed by atoms with Crippen LogP contribution in [0.1, 0.15) is 106 Å². The number of hydrogen-bond donors (Lipinski definition) is 0. The van der Waals surface area contributed by atoms with Gasteiger partial charge in [0.15, 0.2) is 0 Å². The Balaban J connectivity index is 0. The summed E-state index contributed by atoms with van der Waals surface area (Å²) in [7, 11) is 0. The van der Waals surface area contributed by atoms with Crippen molar-refractivity contribution in [3.8, 4) is 0 Å². The van der Waals surface area contributed by atoms with Crippen molar-refractivity contribution in [1.82, 2.24) is 0 Å². The minimum atomic E-state index is 0.225. The SMILES string of the molecule is CC.CC.CC.CC(C)(C)C(c1ccccc1)c1ccccc1.CC(C)(C)Cc1ccccc1. The second-order valence-electron chi connectivity index (χ2n) is 9.84. The molecule has 190 valence electrons. The van der Waals surface area contributed by atoms with Gasteiger partial charge < -0.3 is 0 Å². The van der Waals surface area contributed by atoms with Crippen LogP contribution in [0, 0.1) is 10.8 Å². The molecule has 0 saturated carbocycles. The summed E-state index contributed by atoms with van der Waals surface area (Å²) in [5.41, 5.74) is 4.85. The Hall–Kier alpha value is -2.34. The number of rotatable bonds is 3. The first-order chi connectivity index (χ1) is 16.2. The van der Waals surface area contributed by atoms with Crippen molar-refractivity contribution in [2.24, 2.45) is 10.8 Å². The number of benzene rings is 3. The molecule has 0 heteroatoms. The highest BCUT2D eigenvalue weighted by molar-refractivity contribution is 5.34. The van der Waals surface area contributed by atoms with E-state index < -0.39 is 0 Å². The van der Waals surface area contributed by atoms with Crippen LogP contribution in [-0.2, 0) is 6.42 Å². The van der Waals surface area contributed by atoms with E-state index >= 15 is 0 Å². The van der Waals surface area contributed by atoms with E-state index in [1.54, 1.807) is 0 Å². The normalized spacial score (nSPS) is 10.1. The fourth-order valence-corrected chi connectivity index (χ4v) is 3.69. The van der Waals surface area contributed by atoms with E-state index in [1.165, 1.54) is 16.7 Å². The standard InChI is InChI=1S/C17H20.C11H16.3C2H6/c1-17(2,3)16(14-10-6-4-7-11-14)15-12-8-5-9-13-15;1-11(2,3)9-10-7-5-4-6-8-10;3*1-2/h4-13,16H,1-3H3;4-8H,9H2,1-3H3;3*1-2H3. The quantitative estimate of drug-likeness (QED) is 0.363. The van der Waals surface area contributed by atoms with Gasteiger partial charge in [-0.1, -0.05) is 174 Å². The van der Waals surface area contributed by atoms with Gasteiger partial charge >= 0.3 is 0 Å². The highest BCUT2D eigenvalue weighted by Crippen LogP contribution is 2.40. The third-order valence-corrected chi connectivity index (χ3v) is 4.71. The minimum absolute atomic E-state index is 0.225. The predicted molar refractivity (Wildman–Crippen MR) is 158 cm³/mol. The molecule has 0 unspecified atom stereocenters. The summed E-state index contributed by atoms with van der Waals surface area (Å²) in [5, 5.41) is 0. The first-order valence-corrected chi connectivity index (χ1v) is 13.3. The Labute approximate surface area is 213 Å². The smallest absolute Gasteiger partial charge is 0.0138 e. The average molecular weight is 463 g/mol. The van der Waals surface area contributed by atoms with Gasteiger partial charge in [0, 0.05) is 5.92 Å². The summed E-state index contributed by atoms with van der Waals surface area (Å²) in [6, 6.07) is 32.2. The topological polar surface area (TPSA) is 0 Å².